The molecule has 0 fully saturated rings. The second kappa shape index (κ2) is 3.47. The van der Waals surface area contributed by atoms with Crippen molar-refractivity contribution in [2.75, 3.05) is 5.73 Å². The lowest BCUT2D eigenvalue weighted by Gasteiger charge is -2.04. The van der Waals surface area contributed by atoms with Crippen molar-refractivity contribution in [3.8, 4) is 0 Å². The van der Waals surface area contributed by atoms with Gasteiger partial charge in [-0.2, -0.15) is 0 Å². The second-order valence-corrected chi connectivity index (χ2v) is 3.82. The molecular formula is C9H7BrN4O. The minimum Gasteiger partial charge on any atom is -0.396 e. The molecule has 5 nitrogen and oxygen atoms in total. The summed E-state index contributed by atoms with van der Waals surface area (Å²) in [7, 11) is 0. The molecule has 0 aliphatic heterocycles. The van der Waals surface area contributed by atoms with Gasteiger partial charge in [0.25, 0.3) is 5.91 Å². The van der Waals surface area contributed by atoms with Crippen molar-refractivity contribution in [1.82, 2.24) is 10.2 Å². The molecule has 2 rings (SSSR count). The lowest BCUT2D eigenvalue weighted by atomic mass is 10.1. The van der Waals surface area contributed by atoms with Gasteiger partial charge in [-0.25, -0.2) is 0 Å². The molecule has 4 N–H and O–H groups in total. The normalized spacial score (nSPS) is 10.5. The van der Waals surface area contributed by atoms with Crippen LogP contribution in [0.2, 0.25) is 0 Å². The molecule has 0 bridgehead atoms. The molecule has 76 valence electrons. The second-order valence-electron chi connectivity index (χ2n) is 2.96. The zero-order valence-corrected chi connectivity index (χ0v) is 9.15. The molecule has 0 radical (unpaired) electrons. The minimum absolute atomic E-state index is 0.000556. The van der Waals surface area contributed by atoms with Crippen LogP contribution in [0.1, 0.15) is 10.5 Å². The van der Waals surface area contributed by atoms with Gasteiger partial charge < -0.3 is 11.5 Å². The largest absolute Gasteiger partial charge is 0.396 e. The Morgan fingerprint density at radius 2 is 2.07 bits per heavy atom. The molecule has 15 heavy (non-hydrogen) atoms. The maximum atomic E-state index is 11.0. The summed E-state index contributed by atoms with van der Waals surface area (Å²) in [6, 6.07) is 5.38. The Balaban J connectivity index is 2.86. The van der Waals surface area contributed by atoms with E-state index < -0.39 is 5.91 Å². The van der Waals surface area contributed by atoms with Crippen molar-refractivity contribution in [1.29, 1.82) is 0 Å². The Hall–Kier alpha value is -1.69. The van der Waals surface area contributed by atoms with Crippen molar-refractivity contribution in [3.63, 3.8) is 0 Å². The number of amides is 1. The molecule has 0 unspecified atom stereocenters. The highest BCUT2D eigenvalue weighted by atomic mass is 79.9. The predicted molar refractivity (Wildman–Crippen MR) is 60.2 cm³/mol. The molecule has 0 atom stereocenters. The third kappa shape index (κ3) is 1.52. The zero-order valence-electron chi connectivity index (χ0n) is 7.57. The lowest BCUT2D eigenvalue weighted by Crippen LogP contribution is -2.16. The van der Waals surface area contributed by atoms with Gasteiger partial charge >= 0.3 is 0 Å². The first kappa shape index (κ1) is 9.85. The number of carbonyl (C=O) groups excluding carboxylic acids is 1. The summed E-state index contributed by atoms with van der Waals surface area (Å²) in [5.41, 5.74) is 11.7. The average molecular weight is 267 g/mol. The highest BCUT2D eigenvalue weighted by Crippen LogP contribution is 2.26. The number of nitrogens with two attached hydrogens (primary N) is 2. The third-order valence-corrected chi connectivity index (χ3v) is 2.66. The number of hydrogen-bond donors (Lipinski definition) is 2. The van der Waals surface area contributed by atoms with Gasteiger partial charge in [0.15, 0.2) is 5.69 Å². The smallest absolute Gasteiger partial charge is 0.271 e. The van der Waals surface area contributed by atoms with E-state index in [1.165, 1.54) is 0 Å². The molecule has 1 heterocycles. The molecule has 0 aliphatic rings. The van der Waals surface area contributed by atoms with Gasteiger partial charge in [0.1, 0.15) is 5.52 Å². The number of halogens is 1. The van der Waals surface area contributed by atoms with Gasteiger partial charge in [-0.05, 0) is 22.0 Å². The van der Waals surface area contributed by atoms with Crippen molar-refractivity contribution in [2.45, 2.75) is 0 Å². The van der Waals surface area contributed by atoms with Crippen LogP contribution in [0.5, 0.6) is 0 Å². The summed E-state index contributed by atoms with van der Waals surface area (Å²) in [5, 5.41) is 8.23. The van der Waals surface area contributed by atoms with E-state index >= 15 is 0 Å². The Morgan fingerprint density at radius 1 is 1.33 bits per heavy atom. The minimum atomic E-state index is -0.679. The molecule has 0 saturated heterocycles. The molecule has 2 aromatic rings. The quantitative estimate of drug-likeness (QED) is 0.807. The van der Waals surface area contributed by atoms with Gasteiger partial charge in [-0.15, -0.1) is 10.2 Å². The maximum absolute atomic E-state index is 11.0. The van der Waals surface area contributed by atoms with Crippen LogP contribution >= 0.6 is 15.9 Å². The number of benzene rings is 1. The van der Waals surface area contributed by atoms with Crippen molar-refractivity contribution < 1.29 is 4.79 Å². The Labute approximate surface area is 93.6 Å². The van der Waals surface area contributed by atoms with Crippen molar-refractivity contribution >= 4 is 38.4 Å². The lowest BCUT2D eigenvalue weighted by molar-refractivity contribution is 0.0996. The summed E-state index contributed by atoms with van der Waals surface area (Å²) in [5.74, 6) is -0.679. The summed E-state index contributed by atoms with van der Waals surface area (Å²) in [6.45, 7) is 0. The van der Waals surface area contributed by atoms with E-state index in [0.29, 0.717) is 10.9 Å². The van der Waals surface area contributed by atoms with Crippen molar-refractivity contribution in [3.05, 3.63) is 28.4 Å². The summed E-state index contributed by atoms with van der Waals surface area (Å²) in [4.78, 5) is 11.0. The van der Waals surface area contributed by atoms with Gasteiger partial charge in [-0.1, -0.05) is 12.1 Å². The fourth-order valence-corrected chi connectivity index (χ4v) is 1.74. The predicted octanol–water partition coefficient (Wildman–Crippen LogP) is 1.07. The average Bonchev–Trinajstić information content (AvgIpc) is 2.19. The molecular weight excluding hydrogens is 260 g/mol. The number of nitrogen functional groups attached to an aromatic ring is 1. The summed E-state index contributed by atoms with van der Waals surface area (Å²) in [6.07, 6.45) is 0. The Bertz CT molecular complexity index is 555. The number of anilines is 1. The number of primary amides is 1. The zero-order chi connectivity index (χ0) is 11.0. The number of aromatic nitrogens is 2. The number of nitrogens with zero attached hydrogens (tertiary/aromatic N) is 2. The van der Waals surface area contributed by atoms with E-state index in [-0.39, 0.29) is 11.4 Å². The fourth-order valence-electron chi connectivity index (χ4n) is 1.30. The topological polar surface area (TPSA) is 94.9 Å². The van der Waals surface area contributed by atoms with Gasteiger partial charge in [0, 0.05) is 9.86 Å². The van der Waals surface area contributed by atoms with E-state index in [4.69, 9.17) is 11.5 Å². The van der Waals surface area contributed by atoms with E-state index in [1.54, 1.807) is 12.1 Å². The standard InChI is InChI=1S/C9H7BrN4O/c10-5-3-1-2-4-6(11)8(9(12)15)14-13-7(4)5/h1-3H,(H2,11,13)(H2,12,15). The molecule has 0 saturated carbocycles. The van der Waals surface area contributed by atoms with Crippen molar-refractivity contribution in [2.24, 2.45) is 5.73 Å². The monoisotopic (exact) mass is 266 g/mol. The van der Waals surface area contributed by atoms with Crippen LogP contribution in [0.3, 0.4) is 0 Å². The Morgan fingerprint density at radius 3 is 2.73 bits per heavy atom. The first-order chi connectivity index (χ1) is 7.11. The van der Waals surface area contributed by atoms with Crippen LogP contribution < -0.4 is 11.5 Å². The first-order valence-electron chi connectivity index (χ1n) is 4.11. The number of hydrogen-bond acceptors (Lipinski definition) is 4. The van der Waals surface area contributed by atoms with Crippen LogP contribution in [-0.4, -0.2) is 16.1 Å². The molecule has 0 aliphatic carbocycles. The fraction of sp³-hybridized carbons (Fsp3) is 0. The number of rotatable bonds is 1. The van der Waals surface area contributed by atoms with Crippen LogP contribution in [-0.2, 0) is 0 Å². The maximum Gasteiger partial charge on any atom is 0.271 e. The summed E-state index contributed by atoms with van der Waals surface area (Å²) < 4.78 is 0.773. The van der Waals surface area contributed by atoms with E-state index in [2.05, 4.69) is 26.1 Å². The number of carbonyl (C=O) groups is 1. The van der Waals surface area contributed by atoms with Gasteiger partial charge in [-0.3, -0.25) is 4.79 Å². The SMILES string of the molecule is NC(=O)c1nnc2c(Br)cccc2c1N. The Kier molecular flexibility index (Phi) is 2.28. The number of fused-ring (bicyclic) bond motifs is 1. The van der Waals surface area contributed by atoms with Crippen LogP contribution in [0, 0.1) is 0 Å². The molecule has 0 spiro atoms. The first-order valence-corrected chi connectivity index (χ1v) is 4.90. The molecule has 1 aromatic carbocycles. The van der Waals surface area contributed by atoms with Gasteiger partial charge in [0.2, 0.25) is 0 Å². The molecule has 1 amide bonds. The van der Waals surface area contributed by atoms with E-state index in [9.17, 15) is 4.79 Å². The van der Waals surface area contributed by atoms with Crippen LogP contribution in [0.25, 0.3) is 10.9 Å². The van der Waals surface area contributed by atoms with Gasteiger partial charge in [0.05, 0.1) is 5.69 Å². The molecule has 6 heteroatoms. The van der Waals surface area contributed by atoms with E-state index in [0.717, 1.165) is 4.47 Å². The molecule has 1 aromatic heterocycles. The van der Waals surface area contributed by atoms with Crippen LogP contribution in [0.4, 0.5) is 5.69 Å². The highest BCUT2D eigenvalue weighted by molar-refractivity contribution is 9.10. The van der Waals surface area contributed by atoms with Crippen LogP contribution in [0.15, 0.2) is 22.7 Å². The van der Waals surface area contributed by atoms with E-state index in [1.807, 2.05) is 6.07 Å². The third-order valence-electron chi connectivity index (χ3n) is 2.02. The summed E-state index contributed by atoms with van der Waals surface area (Å²) >= 11 is 3.32. The highest BCUT2D eigenvalue weighted by Gasteiger charge is 2.13.